The topological polar surface area (TPSA) is 96.9 Å². The summed E-state index contributed by atoms with van der Waals surface area (Å²) < 4.78 is 11.2. The number of hydrogen-bond acceptors (Lipinski definition) is 5. The lowest BCUT2D eigenvalue weighted by Crippen LogP contribution is -2.47. The SMILES string of the molecule is COc1cc(Br)cc(C2NC(=O)NC(C(C)C)=C2C(=O)OC(C)C)c1O. The molecule has 7 nitrogen and oxygen atoms in total. The monoisotopic (exact) mass is 426 g/mol. The molecule has 2 amide bonds. The fourth-order valence-electron chi connectivity index (χ4n) is 2.75. The molecule has 0 bridgehead atoms. The van der Waals surface area contributed by atoms with Gasteiger partial charge in [-0.2, -0.15) is 0 Å². The number of carbonyl (C=O) groups is 2. The summed E-state index contributed by atoms with van der Waals surface area (Å²) in [5, 5.41) is 15.9. The van der Waals surface area contributed by atoms with Crippen molar-refractivity contribution in [1.82, 2.24) is 10.6 Å². The first-order valence-corrected chi connectivity index (χ1v) is 9.03. The quantitative estimate of drug-likeness (QED) is 0.626. The van der Waals surface area contributed by atoms with Gasteiger partial charge >= 0.3 is 12.0 Å². The van der Waals surface area contributed by atoms with Crippen molar-refractivity contribution in [2.24, 2.45) is 5.92 Å². The molecule has 0 fully saturated rings. The number of aromatic hydroxyl groups is 1. The van der Waals surface area contributed by atoms with E-state index in [1.54, 1.807) is 26.0 Å². The summed E-state index contributed by atoms with van der Waals surface area (Å²) in [7, 11) is 1.43. The Morgan fingerprint density at radius 1 is 1.27 bits per heavy atom. The predicted molar refractivity (Wildman–Crippen MR) is 99.9 cm³/mol. The van der Waals surface area contributed by atoms with Crippen molar-refractivity contribution < 1.29 is 24.2 Å². The lowest BCUT2D eigenvalue weighted by Gasteiger charge is -2.32. The van der Waals surface area contributed by atoms with Crippen LogP contribution in [-0.4, -0.2) is 30.3 Å². The highest BCUT2D eigenvalue weighted by atomic mass is 79.9. The molecule has 26 heavy (non-hydrogen) atoms. The summed E-state index contributed by atoms with van der Waals surface area (Å²) in [4.78, 5) is 24.9. The number of phenols is 1. The van der Waals surface area contributed by atoms with E-state index in [1.165, 1.54) is 7.11 Å². The van der Waals surface area contributed by atoms with Crippen molar-refractivity contribution in [2.75, 3.05) is 7.11 Å². The fourth-order valence-corrected chi connectivity index (χ4v) is 3.20. The molecule has 1 aliphatic heterocycles. The van der Waals surface area contributed by atoms with Gasteiger partial charge in [-0.3, -0.25) is 0 Å². The van der Waals surface area contributed by atoms with E-state index in [0.717, 1.165) is 0 Å². The molecule has 1 aromatic carbocycles. The number of amides is 2. The molecule has 142 valence electrons. The number of hydrogen-bond donors (Lipinski definition) is 3. The smallest absolute Gasteiger partial charge is 0.338 e. The average Bonchev–Trinajstić information content (AvgIpc) is 2.54. The van der Waals surface area contributed by atoms with Crippen LogP contribution in [0.2, 0.25) is 0 Å². The minimum atomic E-state index is -0.876. The van der Waals surface area contributed by atoms with Gasteiger partial charge in [0.1, 0.15) is 0 Å². The van der Waals surface area contributed by atoms with E-state index in [4.69, 9.17) is 9.47 Å². The highest BCUT2D eigenvalue weighted by Crippen LogP contribution is 2.41. The lowest BCUT2D eigenvalue weighted by atomic mass is 9.91. The molecule has 8 heteroatoms. The minimum absolute atomic E-state index is 0.130. The van der Waals surface area contributed by atoms with E-state index in [-0.39, 0.29) is 29.1 Å². The molecule has 0 saturated carbocycles. The van der Waals surface area contributed by atoms with Gasteiger partial charge in [0.15, 0.2) is 11.5 Å². The predicted octanol–water partition coefficient (Wildman–Crippen LogP) is 3.38. The van der Waals surface area contributed by atoms with Gasteiger partial charge in [-0.05, 0) is 31.9 Å². The maximum Gasteiger partial charge on any atom is 0.338 e. The minimum Gasteiger partial charge on any atom is -0.504 e. The van der Waals surface area contributed by atoms with E-state index in [0.29, 0.717) is 15.7 Å². The Labute approximate surface area is 160 Å². The molecule has 3 N–H and O–H groups in total. The van der Waals surface area contributed by atoms with Gasteiger partial charge in [-0.25, -0.2) is 9.59 Å². The molecule has 0 aromatic heterocycles. The van der Waals surface area contributed by atoms with Crippen molar-refractivity contribution in [1.29, 1.82) is 0 Å². The van der Waals surface area contributed by atoms with E-state index in [9.17, 15) is 14.7 Å². The summed E-state index contributed by atoms with van der Waals surface area (Å²) in [5.74, 6) is -0.611. The van der Waals surface area contributed by atoms with Gasteiger partial charge in [-0.15, -0.1) is 0 Å². The van der Waals surface area contributed by atoms with Crippen LogP contribution < -0.4 is 15.4 Å². The van der Waals surface area contributed by atoms with E-state index in [1.807, 2.05) is 13.8 Å². The van der Waals surface area contributed by atoms with Crippen LogP contribution in [0.1, 0.15) is 39.3 Å². The Morgan fingerprint density at radius 2 is 1.92 bits per heavy atom. The Kier molecular flexibility index (Phi) is 6.17. The third-order valence-electron chi connectivity index (χ3n) is 3.84. The summed E-state index contributed by atoms with van der Waals surface area (Å²) in [6.07, 6.45) is -0.327. The van der Waals surface area contributed by atoms with Crippen LogP contribution in [0.5, 0.6) is 11.5 Å². The van der Waals surface area contributed by atoms with Gasteiger partial charge in [0, 0.05) is 15.7 Å². The van der Waals surface area contributed by atoms with Crippen LogP contribution in [0.15, 0.2) is 27.9 Å². The Bertz CT molecular complexity index is 758. The molecule has 0 aliphatic carbocycles. The first kappa shape index (κ1) is 20.1. The second kappa shape index (κ2) is 7.99. The van der Waals surface area contributed by atoms with Crippen LogP contribution >= 0.6 is 15.9 Å². The third kappa shape index (κ3) is 4.12. The normalized spacial score (nSPS) is 17.2. The van der Waals surface area contributed by atoms with Gasteiger partial charge in [-0.1, -0.05) is 29.8 Å². The van der Waals surface area contributed by atoms with Gasteiger partial charge in [0.2, 0.25) is 0 Å². The Hall–Kier alpha value is -2.22. The van der Waals surface area contributed by atoms with Crippen molar-refractivity contribution >= 4 is 27.9 Å². The molecule has 0 saturated heterocycles. The zero-order valence-corrected chi connectivity index (χ0v) is 16.9. The van der Waals surface area contributed by atoms with Crippen molar-refractivity contribution in [3.8, 4) is 11.5 Å². The van der Waals surface area contributed by atoms with Gasteiger partial charge in [0.25, 0.3) is 0 Å². The molecule has 0 spiro atoms. The largest absolute Gasteiger partial charge is 0.504 e. The number of rotatable bonds is 5. The zero-order chi connectivity index (χ0) is 19.6. The number of carbonyl (C=O) groups excluding carboxylic acids is 2. The van der Waals surface area contributed by atoms with Crippen molar-refractivity contribution in [3.63, 3.8) is 0 Å². The Balaban J connectivity index is 2.67. The molecule has 2 rings (SSSR count). The molecule has 1 atom stereocenters. The van der Waals surface area contributed by atoms with Crippen LogP contribution in [0.25, 0.3) is 0 Å². The lowest BCUT2D eigenvalue weighted by molar-refractivity contribution is -0.143. The zero-order valence-electron chi connectivity index (χ0n) is 15.3. The van der Waals surface area contributed by atoms with Crippen LogP contribution in [0.4, 0.5) is 4.79 Å². The number of phenolic OH excluding ortho intramolecular Hbond substituents is 1. The molecule has 1 heterocycles. The first-order valence-electron chi connectivity index (χ1n) is 8.24. The van der Waals surface area contributed by atoms with E-state index < -0.39 is 18.0 Å². The molecule has 1 unspecified atom stereocenters. The van der Waals surface area contributed by atoms with Crippen molar-refractivity contribution in [3.05, 3.63) is 33.4 Å². The van der Waals surface area contributed by atoms with E-state index in [2.05, 4.69) is 26.6 Å². The van der Waals surface area contributed by atoms with Gasteiger partial charge < -0.3 is 25.2 Å². The van der Waals surface area contributed by atoms with Crippen LogP contribution in [-0.2, 0) is 9.53 Å². The number of methoxy groups -OCH3 is 1. The second-order valence-electron chi connectivity index (χ2n) is 6.51. The maximum atomic E-state index is 12.8. The highest BCUT2D eigenvalue weighted by Gasteiger charge is 2.37. The van der Waals surface area contributed by atoms with Crippen molar-refractivity contribution in [2.45, 2.75) is 39.8 Å². The number of esters is 1. The van der Waals surface area contributed by atoms with Crippen LogP contribution in [0, 0.1) is 5.92 Å². The molecule has 1 aromatic rings. The number of allylic oxidation sites excluding steroid dienone is 1. The third-order valence-corrected chi connectivity index (χ3v) is 4.30. The number of benzene rings is 1. The highest BCUT2D eigenvalue weighted by molar-refractivity contribution is 9.10. The number of urea groups is 1. The van der Waals surface area contributed by atoms with Crippen LogP contribution in [0.3, 0.4) is 0 Å². The summed E-state index contributed by atoms with van der Waals surface area (Å²) >= 11 is 3.36. The number of ether oxygens (including phenoxy) is 2. The molecular formula is C18H23BrN2O5. The molecule has 0 radical (unpaired) electrons. The molecule has 1 aliphatic rings. The van der Waals surface area contributed by atoms with Gasteiger partial charge in [0.05, 0.1) is 24.8 Å². The first-order chi connectivity index (χ1) is 12.1. The summed E-state index contributed by atoms with van der Waals surface area (Å²) in [6.45, 7) is 7.22. The second-order valence-corrected chi connectivity index (χ2v) is 7.43. The maximum absolute atomic E-state index is 12.8. The summed E-state index contributed by atoms with van der Waals surface area (Å²) in [5.41, 5.74) is 1.05. The number of nitrogens with one attached hydrogen (secondary N) is 2. The average molecular weight is 427 g/mol. The standard InChI is InChI=1S/C18H23BrN2O5/c1-8(2)14-13(17(23)26-9(3)4)15(21-18(24)20-14)11-6-10(19)7-12(25-5)16(11)22/h6-9,15,22H,1-5H3,(H2,20,21,24). The number of halogens is 1. The van der Waals surface area contributed by atoms with E-state index >= 15 is 0 Å². The molecular weight excluding hydrogens is 404 g/mol. The summed E-state index contributed by atoms with van der Waals surface area (Å²) in [6, 6.07) is 1.90. The fraction of sp³-hybridized carbons (Fsp3) is 0.444. The Morgan fingerprint density at radius 3 is 2.46 bits per heavy atom.